The Hall–Kier alpha value is -1.31. The summed E-state index contributed by atoms with van der Waals surface area (Å²) in [6.07, 6.45) is 7.94. The minimum absolute atomic E-state index is 0.255. The smallest absolute Gasteiger partial charge is 0.220 e. The predicted octanol–water partition coefficient (Wildman–Crippen LogP) is 3.80. The van der Waals surface area contributed by atoms with E-state index < -0.39 is 0 Å². The fraction of sp³-hybridized carbons (Fsp3) is 0.611. The van der Waals surface area contributed by atoms with Gasteiger partial charge in [-0.15, -0.1) is 0 Å². The van der Waals surface area contributed by atoms with Crippen molar-refractivity contribution in [3.8, 4) is 0 Å². The van der Waals surface area contributed by atoms with Crippen molar-refractivity contribution in [1.29, 1.82) is 0 Å². The second-order valence-corrected chi connectivity index (χ2v) is 6.57. The third-order valence-corrected chi connectivity index (χ3v) is 5.15. The summed E-state index contributed by atoms with van der Waals surface area (Å²) in [6, 6.07) is 9.01. The van der Waals surface area contributed by atoms with Crippen molar-refractivity contribution in [3.05, 3.63) is 35.4 Å². The zero-order valence-corrected chi connectivity index (χ0v) is 12.4. The molecule has 3 atom stereocenters. The SMILES string of the molecule is CC1CCCCC1NC(=O)CC1CCc2ccccc21. The molecule has 0 spiro atoms. The van der Waals surface area contributed by atoms with Gasteiger partial charge in [0.1, 0.15) is 0 Å². The Labute approximate surface area is 122 Å². The fourth-order valence-corrected chi connectivity index (χ4v) is 3.88. The molecule has 2 heteroatoms. The summed E-state index contributed by atoms with van der Waals surface area (Å²) < 4.78 is 0. The largest absolute Gasteiger partial charge is 0.353 e. The first-order chi connectivity index (χ1) is 9.74. The lowest BCUT2D eigenvalue weighted by Crippen LogP contribution is -2.41. The standard InChI is InChI=1S/C18H25NO/c1-13-6-2-5-9-17(13)19-18(20)12-15-11-10-14-7-3-4-8-16(14)15/h3-4,7-8,13,15,17H,2,5-6,9-12H2,1H3,(H,19,20). The number of benzene rings is 1. The maximum Gasteiger partial charge on any atom is 0.220 e. The summed E-state index contributed by atoms with van der Waals surface area (Å²) in [5.74, 6) is 1.33. The van der Waals surface area contributed by atoms with Gasteiger partial charge in [0.25, 0.3) is 0 Å². The van der Waals surface area contributed by atoms with Crippen LogP contribution in [-0.4, -0.2) is 11.9 Å². The van der Waals surface area contributed by atoms with Crippen LogP contribution in [0.2, 0.25) is 0 Å². The lowest BCUT2D eigenvalue weighted by molar-refractivity contribution is -0.122. The third kappa shape index (κ3) is 2.89. The molecule has 1 fully saturated rings. The minimum atomic E-state index is 0.255. The molecule has 0 saturated heterocycles. The molecule has 1 amide bonds. The number of aryl methyl sites for hydroxylation is 1. The molecular formula is C18H25NO. The monoisotopic (exact) mass is 271 g/mol. The van der Waals surface area contributed by atoms with Crippen LogP contribution in [0.15, 0.2) is 24.3 Å². The Morgan fingerprint density at radius 2 is 2.00 bits per heavy atom. The number of nitrogens with one attached hydrogen (secondary N) is 1. The van der Waals surface area contributed by atoms with Gasteiger partial charge in [-0.1, -0.05) is 44.0 Å². The van der Waals surface area contributed by atoms with Crippen LogP contribution in [0.3, 0.4) is 0 Å². The predicted molar refractivity (Wildman–Crippen MR) is 81.7 cm³/mol. The maximum atomic E-state index is 12.3. The highest BCUT2D eigenvalue weighted by molar-refractivity contribution is 5.77. The molecule has 0 bridgehead atoms. The lowest BCUT2D eigenvalue weighted by Gasteiger charge is -2.29. The highest BCUT2D eigenvalue weighted by Gasteiger charge is 2.27. The van der Waals surface area contributed by atoms with Crippen LogP contribution in [0.1, 0.15) is 62.5 Å². The second kappa shape index (κ2) is 5.99. The molecule has 0 aliphatic heterocycles. The summed E-state index contributed by atoms with van der Waals surface area (Å²) >= 11 is 0. The van der Waals surface area contributed by atoms with Crippen molar-refractivity contribution in [1.82, 2.24) is 5.32 Å². The van der Waals surface area contributed by atoms with Gasteiger partial charge in [0, 0.05) is 12.5 Å². The molecule has 20 heavy (non-hydrogen) atoms. The van der Waals surface area contributed by atoms with Crippen LogP contribution >= 0.6 is 0 Å². The van der Waals surface area contributed by atoms with Crippen LogP contribution in [0.25, 0.3) is 0 Å². The van der Waals surface area contributed by atoms with Gasteiger partial charge in [-0.3, -0.25) is 4.79 Å². The number of fused-ring (bicyclic) bond motifs is 1. The maximum absolute atomic E-state index is 12.3. The number of rotatable bonds is 3. The molecule has 0 aromatic heterocycles. The van der Waals surface area contributed by atoms with Gasteiger partial charge in [0.15, 0.2) is 0 Å². The highest BCUT2D eigenvalue weighted by atomic mass is 16.1. The molecule has 3 unspecified atom stereocenters. The molecule has 2 aliphatic rings. The lowest BCUT2D eigenvalue weighted by atomic mass is 9.85. The van der Waals surface area contributed by atoms with Crippen molar-refractivity contribution in [2.24, 2.45) is 5.92 Å². The van der Waals surface area contributed by atoms with E-state index in [-0.39, 0.29) is 5.91 Å². The van der Waals surface area contributed by atoms with Crippen molar-refractivity contribution in [2.45, 2.75) is 63.8 Å². The van der Waals surface area contributed by atoms with Crippen molar-refractivity contribution in [2.75, 3.05) is 0 Å². The van der Waals surface area contributed by atoms with Gasteiger partial charge in [-0.25, -0.2) is 0 Å². The van der Waals surface area contributed by atoms with Crippen molar-refractivity contribution < 1.29 is 4.79 Å². The number of carbonyl (C=O) groups is 1. The molecule has 108 valence electrons. The van der Waals surface area contributed by atoms with Gasteiger partial charge in [-0.05, 0) is 48.6 Å². The Kier molecular flexibility index (Phi) is 4.09. The van der Waals surface area contributed by atoms with Gasteiger partial charge >= 0.3 is 0 Å². The quantitative estimate of drug-likeness (QED) is 0.890. The first-order valence-corrected chi connectivity index (χ1v) is 8.11. The first kappa shape index (κ1) is 13.7. The summed E-state index contributed by atoms with van der Waals surface area (Å²) in [4.78, 5) is 12.3. The Morgan fingerprint density at radius 1 is 1.20 bits per heavy atom. The number of hydrogen-bond donors (Lipinski definition) is 1. The molecule has 0 radical (unpaired) electrons. The summed E-state index contributed by atoms with van der Waals surface area (Å²) in [5.41, 5.74) is 2.84. The zero-order valence-electron chi connectivity index (χ0n) is 12.4. The van der Waals surface area contributed by atoms with E-state index >= 15 is 0 Å². The van der Waals surface area contributed by atoms with Crippen LogP contribution < -0.4 is 5.32 Å². The second-order valence-electron chi connectivity index (χ2n) is 6.57. The molecule has 1 aromatic rings. The fourth-order valence-electron chi connectivity index (χ4n) is 3.88. The summed E-state index contributed by atoms with van der Waals surface area (Å²) in [7, 11) is 0. The Morgan fingerprint density at radius 3 is 2.85 bits per heavy atom. The van der Waals surface area contributed by atoms with Crippen molar-refractivity contribution in [3.63, 3.8) is 0 Å². The van der Waals surface area contributed by atoms with Crippen LogP contribution in [0.5, 0.6) is 0 Å². The average Bonchev–Trinajstić information content (AvgIpc) is 2.85. The number of amides is 1. The van der Waals surface area contributed by atoms with E-state index in [4.69, 9.17) is 0 Å². The average molecular weight is 271 g/mol. The van der Waals surface area contributed by atoms with Crippen LogP contribution in [0, 0.1) is 5.92 Å². The molecule has 2 aliphatic carbocycles. The minimum Gasteiger partial charge on any atom is -0.353 e. The van der Waals surface area contributed by atoms with Gasteiger partial charge < -0.3 is 5.32 Å². The van der Waals surface area contributed by atoms with E-state index in [9.17, 15) is 4.79 Å². The molecule has 1 saturated carbocycles. The molecule has 1 aromatic carbocycles. The Bertz CT molecular complexity index is 482. The number of hydrogen-bond acceptors (Lipinski definition) is 1. The van der Waals surface area contributed by atoms with E-state index in [1.54, 1.807) is 0 Å². The number of carbonyl (C=O) groups excluding carboxylic acids is 1. The van der Waals surface area contributed by atoms with Gasteiger partial charge in [-0.2, -0.15) is 0 Å². The molecule has 2 nitrogen and oxygen atoms in total. The molecule has 3 rings (SSSR count). The van der Waals surface area contributed by atoms with Crippen molar-refractivity contribution >= 4 is 5.91 Å². The van der Waals surface area contributed by atoms with Gasteiger partial charge in [0.2, 0.25) is 5.91 Å². The van der Waals surface area contributed by atoms with E-state index in [1.165, 1.54) is 30.4 Å². The van der Waals surface area contributed by atoms with E-state index in [1.807, 2.05) is 0 Å². The first-order valence-electron chi connectivity index (χ1n) is 8.11. The van der Waals surface area contributed by atoms with E-state index in [0.717, 1.165) is 19.3 Å². The highest BCUT2D eigenvalue weighted by Crippen LogP contribution is 2.35. The topological polar surface area (TPSA) is 29.1 Å². The van der Waals surface area contributed by atoms with E-state index in [2.05, 4.69) is 36.5 Å². The molecule has 0 heterocycles. The third-order valence-electron chi connectivity index (χ3n) is 5.15. The molecular weight excluding hydrogens is 246 g/mol. The van der Waals surface area contributed by atoms with Crippen LogP contribution in [-0.2, 0) is 11.2 Å². The van der Waals surface area contributed by atoms with E-state index in [0.29, 0.717) is 24.3 Å². The zero-order chi connectivity index (χ0) is 13.9. The summed E-state index contributed by atoms with van der Waals surface area (Å²) in [5, 5.41) is 3.29. The molecule has 1 N–H and O–H groups in total. The van der Waals surface area contributed by atoms with Gasteiger partial charge in [0.05, 0.1) is 0 Å². The van der Waals surface area contributed by atoms with Crippen LogP contribution in [0.4, 0.5) is 0 Å². The Balaban J connectivity index is 1.57. The summed E-state index contributed by atoms with van der Waals surface area (Å²) in [6.45, 7) is 2.27. The normalized spacial score (nSPS) is 28.9.